The van der Waals surface area contributed by atoms with Gasteiger partial charge in [-0.15, -0.1) is 0 Å². The molecular formula is C17H22N2O2. The molecule has 1 saturated carbocycles. The number of benzene rings is 1. The largest absolute Gasteiger partial charge is 0.396 e. The van der Waals surface area contributed by atoms with Crippen LogP contribution in [0.3, 0.4) is 0 Å². The van der Waals surface area contributed by atoms with Crippen molar-refractivity contribution >= 4 is 16.8 Å². The van der Waals surface area contributed by atoms with Crippen molar-refractivity contribution < 1.29 is 9.90 Å². The summed E-state index contributed by atoms with van der Waals surface area (Å²) >= 11 is 0. The molecule has 2 atom stereocenters. The fraction of sp³-hybridized carbons (Fsp3) is 0.471. The molecule has 0 bridgehead atoms. The lowest BCUT2D eigenvalue weighted by atomic mass is 9.79. The summed E-state index contributed by atoms with van der Waals surface area (Å²) in [5, 5.41) is 13.4. The van der Waals surface area contributed by atoms with E-state index in [-0.39, 0.29) is 12.5 Å². The summed E-state index contributed by atoms with van der Waals surface area (Å²) in [5.74, 6) is 0.703. The fourth-order valence-corrected chi connectivity index (χ4v) is 3.37. The molecule has 1 aromatic carbocycles. The van der Waals surface area contributed by atoms with Gasteiger partial charge in [-0.05, 0) is 30.7 Å². The molecule has 0 spiro atoms. The van der Waals surface area contributed by atoms with Crippen LogP contribution in [0.4, 0.5) is 0 Å². The molecule has 21 heavy (non-hydrogen) atoms. The molecule has 1 aromatic heterocycles. The van der Waals surface area contributed by atoms with E-state index in [1.54, 1.807) is 6.20 Å². The summed E-state index contributed by atoms with van der Waals surface area (Å²) in [5.41, 5.74) is 1.68. The lowest BCUT2D eigenvalue weighted by molar-refractivity contribution is 0.0911. The normalized spacial score (nSPS) is 22.3. The topological polar surface area (TPSA) is 65.1 Å². The molecule has 1 amide bonds. The first-order valence-electron chi connectivity index (χ1n) is 7.74. The predicted molar refractivity (Wildman–Crippen MR) is 83.2 cm³/mol. The summed E-state index contributed by atoms with van der Waals surface area (Å²) in [6.45, 7) is 0.886. The second-order valence-corrected chi connectivity index (χ2v) is 5.95. The molecule has 4 nitrogen and oxygen atoms in total. The minimum Gasteiger partial charge on any atom is -0.396 e. The van der Waals surface area contributed by atoms with Crippen molar-refractivity contribution in [2.45, 2.75) is 25.7 Å². The van der Waals surface area contributed by atoms with E-state index < -0.39 is 0 Å². The molecule has 2 aromatic rings. The van der Waals surface area contributed by atoms with Crippen molar-refractivity contribution in [3.05, 3.63) is 36.0 Å². The van der Waals surface area contributed by atoms with Crippen molar-refractivity contribution in [1.82, 2.24) is 10.3 Å². The highest BCUT2D eigenvalue weighted by Gasteiger charge is 2.25. The highest BCUT2D eigenvalue weighted by molar-refractivity contribution is 6.06. The number of amides is 1. The molecule has 3 N–H and O–H groups in total. The molecule has 1 aliphatic carbocycles. The van der Waals surface area contributed by atoms with Gasteiger partial charge in [0.05, 0.1) is 5.56 Å². The third kappa shape index (κ3) is 2.95. The molecular weight excluding hydrogens is 264 g/mol. The van der Waals surface area contributed by atoms with E-state index in [9.17, 15) is 9.90 Å². The lowest BCUT2D eigenvalue weighted by Crippen LogP contribution is -2.35. The van der Waals surface area contributed by atoms with Gasteiger partial charge in [0.25, 0.3) is 5.91 Å². The maximum Gasteiger partial charge on any atom is 0.253 e. The van der Waals surface area contributed by atoms with Crippen LogP contribution in [0.1, 0.15) is 36.0 Å². The Bertz CT molecular complexity index is 620. The molecule has 1 fully saturated rings. The van der Waals surface area contributed by atoms with Crippen LogP contribution in [-0.2, 0) is 0 Å². The maximum absolute atomic E-state index is 12.4. The number of aliphatic hydroxyl groups excluding tert-OH is 1. The summed E-state index contributed by atoms with van der Waals surface area (Å²) in [6.07, 6.45) is 6.33. The molecule has 0 radical (unpaired) electrons. The highest BCUT2D eigenvalue weighted by Crippen LogP contribution is 2.29. The smallest absolute Gasteiger partial charge is 0.253 e. The number of carbonyl (C=O) groups is 1. The Morgan fingerprint density at radius 3 is 2.81 bits per heavy atom. The van der Waals surface area contributed by atoms with Crippen LogP contribution < -0.4 is 5.32 Å². The van der Waals surface area contributed by atoms with Gasteiger partial charge in [-0.3, -0.25) is 4.79 Å². The van der Waals surface area contributed by atoms with Crippen molar-refractivity contribution in [2.75, 3.05) is 13.2 Å². The quantitative estimate of drug-likeness (QED) is 0.809. The molecule has 2 unspecified atom stereocenters. The van der Waals surface area contributed by atoms with Gasteiger partial charge in [0.15, 0.2) is 0 Å². The Morgan fingerprint density at radius 2 is 2.00 bits per heavy atom. The third-order valence-electron chi connectivity index (χ3n) is 4.66. The van der Waals surface area contributed by atoms with Gasteiger partial charge in [-0.25, -0.2) is 0 Å². The second-order valence-electron chi connectivity index (χ2n) is 5.95. The number of nitrogens with one attached hydrogen (secondary N) is 2. The number of H-pyrrole nitrogens is 1. The van der Waals surface area contributed by atoms with E-state index in [4.69, 9.17) is 0 Å². The van der Waals surface area contributed by atoms with Crippen molar-refractivity contribution in [1.29, 1.82) is 0 Å². The number of para-hydroxylation sites is 1. The number of fused-ring (bicyclic) bond motifs is 1. The zero-order valence-electron chi connectivity index (χ0n) is 12.1. The number of carbonyl (C=O) groups excluding carboxylic acids is 1. The van der Waals surface area contributed by atoms with E-state index in [0.29, 0.717) is 23.9 Å². The number of aromatic amines is 1. The number of rotatable bonds is 4. The summed E-state index contributed by atoms with van der Waals surface area (Å²) < 4.78 is 0. The summed E-state index contributed by atoms with van der Waals surface area (Å²) in [7, 11) is 0. The van der Waals surface area contributed by atoms with Gasteiger partial charge in [0.2, 0.25) is 0 Å². The molecule has 0 aliphatic heterocycles. The third-order valence-corrected chi connectivity index (χ3v) is 4.66. The second kappa shape index (κ2) is 6.31. The minimum atomic E-state index is -0.0327. The van der Waals surface area contributed by atoms with Gasteiger partial charge in [-0.2, -0.15) is 0 Å². The standard InChI is InChI=1S/C17H22N2O2/c20-11-13-6-2-1-5-12(13)9-19-17(21)15-10-18-16-8-4-3-7-14(15)16/h3-4,7-8,10,12-13,18,20H,1-2,5-6,9,11H2,(H,19,21). The summed E-state index contributed by atoms with van der Waals surface area (Å²) in [4.78, 5) is 15.5. The average Bonchev–Trinajstić information content (AvgIpc) is 2.97. The summed E-state index contributed by atoms with van der Waals surface area (Å²) in [6, 6.07) is 7.82. The monoisotopic (exact) mass is 286 g/mol. The van der Waals surface area contributed by atoms with Gasteiger partial charge >= 0.3 is 0 Å². The zero-order valence-corrected chi connectivity index (χ0v) is 12.1. The number of aliphatic hydroxyl groups is 1. The van der Waals surface area contributed by atoms with Crippen LogP contribution in [0.2, 0.25) is 0 Å². The first-order chi connectivity index (χ1) is 10.3. The first kappa shape index (κ1) is 14.1. The van der Waals surface area contributed by atoms with Gasteiger partial charge in [0.1, 0.15) is 0 Å². The van der Waals surface area contributed by atoms with E-state index in [2.05, 4.69) is 10.3 Å². The minimum absolute atomic E-state index is 0.0327. The van der Waals surface area contributed by atoms with Crippen LogP contribution >= 0.6 is 0 Å². The molecule has 3 rings (SSSR count). The molecule has 4 heteroatoms. The Labute approximate surface area is 124 Å². The highest BCUT2D eigenvalue weighted by atomic mass is 16.3. The van der Waals surface area contributed by atoms with E-state index in [1.807, 2.05) is 24.3 Å². The van der Waals surface area contributed by atoms with Crippen LogP contribution in [0.15, 0.2) is 30.5 Å². The van der Waals surface area contributed by atoms with Gasteiger partial charge in [0, 0.05) is 30.3 Å². The van der Waals surface area contributed by atoms with Crippen LogP contribution in [-0.4, -0.2) is 29.1 Å². The molecule has 0 saturated heterocycles. The predicted octanol–water partition coefficient (Wildman–Crippen LogP) is 2.70. The van der Waals surface area contributed by atoms with Crippen molar-refractivity contribution in [3.63, 3.8) is 0 Å². The van der Waals surface area contributed by atoms with Crippen LogP contribution in [0, 0.1) is 11.8 Å². The van der Waals surface area contributed by atoms with E-state index in [0.717, 1.165) is 23.7 Å². The lowest BCUT2D eigenvalue weighted by Gasteiger charge is -2.30. The van der Waals surface area contributed by atoms with Crippen molar-refractivity contribution in [3.8, 4) is 0 Å². The van der Waals surface area contributed by atoms with Gasteiger partial charge < -0.3 is 15.4 Å². The Hall–Kier alpha value is -1.81. The van der Waals surface area contributed by atoms with E-state index in [1.165, 1.54) is 12.8 Å². The van der Waals surface area contributed by atoms with Crippen LogP contribution in [0.25, 0.3) is 10.9 Å². The first-order valence-corrected chi connectivity index (χ1v) is 7.74. The Balaban J connectivity index is 1.66. The van der Waals surface area contributed by atoms with Crippen molar-refractivity contribution in [2.24, 2.45) is 11.8 Å². The molecule has 112 valence electrons. The average molecular weight is 286 g/mol. The Morgan fingerprint density at radius 1 is 1.24 bits per heavy atom. The Kier molecular flexibility index (Phi) is 4.25. The molecule has 1 heterocycles. The zero-order chi connectivity index (χ0) is 14.7. The number of hydrogen-bond acceptors (Lipinski definition) is 2. The van der Waals surface area contributed by atoms with Gasteiger partial charge in [-0.1, -0.05) is 31.0 Å². The maximum atomic E-state index is 12.4. The SMILES string of the molecule is O=C(NCC1CCCCC1CO)c1c[nH]c2ccccc12. The number of hydrogen-bond donors (Lipinski definition) is 3. The van der Waals surface area contributed by atoms with E-state index >= 15 is 0 Å². The number of aromatic nitrogens is 1. The van der Waals surface area contributed by atoms with Crippen LogP contribution in [0.5, 0.6) is 0 Å². The fourth-order valence-electron chi connectivity index (χ4n) is 3.37. The molecule has 1 aliphatic rings.